The van der Waals surface area contributed by atoms with Crippen LogP contribution in [0.2, 0.25) is 0 Å². The van der Waals surface area contributed by atoms with E-state index in [0.29, 0.717) is 31.0 Å². The zero-order valence-electron chi connectivity index (χ0n) is 20.4. The first-order chi connectivity index (χ1) is 16.9. The fourth-order valence-corrected chi connectivity index (χ4v) is 5.30. The van der Waals surface area contributed by atoms with Gasteiger partial charge in [0.1, 0.15) is 17.7 Å². The number of rotatable bonds is 9. The van der Waals surface area contributed by atoms with Crippen molar-refractivity contribution in [3.63, 3.8) is 0 Å². The van der Waals surface area contributed by atoms with Crippen LogP contribution < -0.4 is 15.5 Å². The van der Waals surface area contributed by atoms with Crippen LogP contribution in [0, 0.1) is 17.6 Å². The Balaban J connectivity index is 1.35. The normalized spacial score (nSPS) is 17.5. The van der Waals surface area contributed by atoms with E-state index in [9.17, 15) is 18.4 Å². The first-order valence-electron chi connectivity index (χ1n) is 12.8. The molecule has 2 aliphatic rings. The van der Waals surface area contributed by atoms with E-state index in [1.807, 2.05) is 0 Å². The summed E-state index contributed by atoms with van der Waals surface area (Å²) in [6.45, 7) is 3.64. The number of amides is 2. The second-order valence-corrected chi connectivity index (χ2v) is 9.88. The predicted octanol–water partition coefficient (Wildman–Crippen LogP) is 4.70. The van der Waals surface area contributed by atoms with Crippen LogP contribution in [0.4, 0.5) is 14.5 Å². The molecule has 0 spiro atoms. The summed E-state index contributed by atoms with van der Waals surface area (Å²) in [6.07, 6.45) is 7.12. The zero-order valence-corrected chi connectivity index (χ0v) is 20.4. The summed E-state index contributed by atoms with van der Waals surface area (Å²) in [7, 11) is 0. The molecule has 2 atom stereocenters. The highest BCUT2D eigenvalue weighted by Gasteiger charge is 2.28. The van der Waals surface area contributed by atoms with E-state index in [0.717, 1.165) is 49.9 Å². The van der Waals surface area contributed by atoms with Gasteiger partial charge in [0.15, 0.2) is 0 Å². The van der Waals surface area contributed by atoms with Crippen molar-refractivity contribution in [1.29, 1.82) is 0 Å². The monoisotopic (exact) mass is 483 g/mol. The number of halogens is 2. The molecule has 7 heteroatoms. The number of nitrogens with zero attached hydrogens (tertiary/aromatic N) is 1. The van der Waals surface area contributed by atoms with Gasteiger partial charge in [-0.25, -0.2) is 8.78 Å². The summed E-state index contributed by atoms with van der Waals surface area (Å²) in [5.41, 5.74) is 2.72. The maximum Gasteiger partial charge on any atom is 0.242 e. The predicted molar refractivity (Wildman–Crippen MR) is 133 cm³/mol. The van der Waals surface area contributed by atoms with Crippen molar-refractivity contribution in [3.05, 3.63) is 65.2 Å². The molecule has 2 N–H and O–H groups in total. The van der Waals surface area contributed by atoms with Crippen LogP contribution in [-0.4, -0.2) is 37.5 Å². The number of nitrogens with one attached hydrogen (secondary N) is 2. The molecule has 2 aromatic carbocycles. The molecule has 0 radical (unpaired) electrons. The third-order valence-electron chi connectivity index (χ3n) is 7.40. The number of anilines is 1. The van der Waals surface area contributed by atoms with E-state index in [1.165, 1.54) is 24.6 Å². The minimum absolute atomic E-state index is 0.172. The van der Waals surface area contributed by atoms with Crippen LogP contribution in [0.15, 0.2) is 42.5 Å². The van der Waals surface area contributed by atoms with E-state index in [1.54, 1.807) is 31.2 Å². The Hall–Kier alpha value is -2.96. The minimum atomic E-state index is -0.603. The van der Waals surface area contributed by atoms with Crippen molar-refractivity contribution >= 4 is 17.5 Å². The Morgan fingerprint density at radius 2 is 1.71 bits per heavy atom. The first kappa shape index (κ1) is 25.1. The molecule has 1 aliphatic carbocycles. The molecule has 1 fully saturated rings. The highest BCUT2D eigenvalue weighted by Crippen LogP contribution is 2.29. The molecule has 0 aromatic heterocycles. The first-order valence-corrected chi connectivity index (χ1v) is 12.8. The minimum Gasteiger partial charge on any atom is -0.369 e. The molecule has 2 aromatic rings. The maximum atomic E-state index is 13.5. The Morgan fingerprint density at radius 1 is 1.00 bits per heavy atom. The molecule has 0 saturated heterocycles. The highest BCUT2D eigenvalue weighted by molar-refractivity contribution is 5.90. The topological polar surface area (TPSA) is 61.4 Å². The van der Waals surface area contributed by atoms with E-state index in [4.69, 9.17) is 0 Å². The van der Waals surface area contributed by atoms with E-state index < -0.39 is 12.0 Å². The van der Waals surface area contributed by atoms with Crippen LogP contribution in [0.25, 0.3) is 0 Å². The fraction of sp³-hybridized carbons (Fsp3) is 0.500. The van der Waals surface area contributed by atoms with Crippen molar-refractivity contribution in [2.24, 2.45) is 5.92 Å². The molecule has 0 bridgehead atoms. The van der Waals surface area contributed by atoms with Crippen LogP contribution in [0.5, 0.6) is 0 Å². The summed E-state index contributed by atoms with van der Waals surface area (Å²) in [5, 5.41) is 5.99. The van der Waals surface area contributed by atoms with Gasteiger partial charge in [-0.3, -0.25) is 9.59 Å². The standard InChI is InChI=1S/C28H35F2N3O2/c1-19(21-7-9-23(29)10-8-21)27(34)32-25(17-20-5-3-2-4-6-20)28(35)31-14-16-33-15-13-22-18-24(30)11-12-26(22)33/h7-12,18-20,25H,2-6,13-17H2,1H3,(H,31,35)(H,32,34)/t19?,25-/m0/s1. The molecule has 1 aliphatic heterocycles. The van der Waals surface area contributed by atoms with Gasteiger partial charge in [0, 0.05) is 25.3 Å². The number of hydrogen-bond acceptors (Lipinski definition) is 3. The van der Waals surface area contributed by atoms with Crippen LogP contribution in [0.3, 0.4) is 0 Å². The van der Waals surface area contributed by atoms with Crippen molar-refractivity contribution in [2.75, 3.05) is 24.5 Å². The van der Waals surface area contributed by atoms with Gasteiger partial charge in [-0.1, -0.05) is 44.2 Å². The van der Waals surface area contributed by atoms with Crippen molar-refractivity contribution in [2.45, 2.75) is 63.8 Å². The van der Waals surface area contributed by atoms with Gasteiger partial charge in [-0.15, -0.1) is 0 Å². The molecular formula is C28H35F2N3O2. The lowest BCUT2D eigenvalue weighted by atomic mass is 9.84. The van der Waals surface area contributed by atoms with Gasteiger partial charge in [0.05, 0.1) is 5.92 Å². The lowest BCUT2D eigenvalue weighted by Crippen LogP contribution is -2.50. The maximum absolute atomic E-state index is 13.5. The lowest BCUT2D eigenvalue weighted by molar-refractivity contribution is -0.130. The summed E-state index contributed by atoms with van der Waals surface area (Å²) >= 11 is 0. The lowest BCUT2D eigenvalue weighted by Gasteiger charge is -2.28. The Kier molecular flexibility index (Phi) is 8.37. The highest BCUT2D eigenvalue weighted by atomic mass is 19.1. The number of benzene rings is 2. The average Bonchev–Trinajstić information content (AvgIpc) is 3.26. The third kappa shape index (κ3) is 6.59. The van der Waals surface area contributed by atoms with Crippen LogP contribution in [0.1, 0.15) is 62.5 Å². The zero-order chi connectivity index (χ0) is 24.8. The van der Waals surface area contributed by atoms with Crippen LogP contribution >= 0.6 is 0 Å². The second kappa shape index (κ2) is 11.6. The fourth-order valence-electron chi connectivity index (χ4n) is 5.30. The van der Waals surface area contributed by atoms with Crippen LogP contribution in [-0.2, 0) is 16.0 Å². The molecule has 2 amide bonds. The van der Waals surface area contributed by atoms with Crippen molar-refractivity contribution in [3.8, 4) is 0 Å². The quantitative estimate of drug-likeness (QED) is 0.544. The Labute approximate surface area is 206 Å². The number of carbonyl (C=O) groups excluding carboxylic acids is 2. The molecule has 35 heavy (non-hydrogen) atoms. The van der Waals surface area contributed by atoms with Crippen molar-refractivity contribution in [1.82, 2.24) is 10.6 Å². The molecule has 4 rings (SSSR count). The molecule has 1 heterocycles. The summed E-state index contributed by atoms with van der Waals surface area (Å²) < 4.78 is 26.8. The summed E-state index contributed by atoms with van der Waals surface area (Å²) in [6, 6.07) is 10.1. The van der Waals surface area contributed by atoms with E-state index in [-0.39, 0.29) is 23.4 Å². The van der Waals surface area contributed by atoms with Gasteiger partial charge < -0.3 is 15.5 Å². The Bertz CT molecular complexity index is 1020. The average molecular weight is 484 g/mol. The SMILES string of the molecule is CC(C(=O)N[C@@H](CC1CCCCC1)C(=O)NCCN1CCc2cc(F)ccc21)c1ccc(F)cc1. The molecule has 1 unspecified atom stereocenters. The smallest absolute Gasteiger partial charge is 0.242 e. The van der Waals surface area contributed by atoms with E-state index in [2.05, 4.69) is 15.5 Å². The number of fused-ring (bicyclic) bond motifs is 1. The van der Waals surface area contributed by atoms with Gasteiger partial charge in [0.2, 0.25) is 11.8 Å². The van der Waals surface area contributed by atoms with Gasteiger partial charge in [0.25, 0.3) is 0 Å². The number of carbonyl (C=O) groups is 2. The molecular weight excluding hydrogens is 448 g/mol. The molecule has 5 nitrogen and oxygen atoms in total. The second-order valence-electron chi connectivity index (χ2n) is 9.88. The number of hydrogen-bond donors (Lipinski definition) is 2. The van der Waals surface area contributed by atoms with Gasteiger partial charge >= 0.3 is 0 Å². The molecule has 1 saturated carbocycles. The largest absolute Gasteiger partial charge is 0.369 e. The van der Waals surface area contributed by atoms with Crippen molar-refractivity contribution < 1.29 is 18.4 Å². The van der Waals surface area contributed by atoms with Gasteiger partial charge in [-0.05, 0) is 67.1 Å². The van der Waals surface area contributed by atoms with E-state index >= 15 is 0 Å². The van der Waals surface area contributed by atoms with Gasteiger partial charge in [-0.2, -0.15) is 0 Å². The summed E-state index contributed by atoms with van der Waals surface area (Å²) in [4.78, 5) is 28.3. The third-order valence-corrected chi connectivity index (χ3v) is 7.40. The molecule has 188 valence electrons. The Morgan fingerprint density at radius 3 is 2.46 bits per heavy atom. The summed E-state index contributed by atoms with van der Waals surface area (Å²) in [5.74, 6) is -1.05.